The van der Waals surface area contributed by atoms with Gasteiger partial charge in [-0.25, -0.2) is 13.6 Å². The normalized spacial score (nSPS) is 24.2. The van der Waals surface area contributed by atoms with Crippen molar-refractivity contribution < 1.29 is 18.3 Å². The predicted octanol–water partition coefficient (Wildman–Crippen LogP) is 3.06. The molecular weight excluding hydrogens is 264 g/mol. The lowest BCUT2D eigenvalue weighted by Crippen LogP contribution is -2.44. The van der Waals surface area contributed by atoms with Gasteiger partial charge < -0.3 is 4.74 Å². The molecule has 1 fully saturated rings. The van der Waals surface area contributed by atoms with Gasteiger partial charge in [0.1, 0.15) is 12.1 Å². The standard InChI is InChI=1S/C15H15F2NO2/c1-3-14(2)10-15(16,17)11-18(14)13(19)20-9-12-7-5-4-6-8-12/h1,4-8H,9-11H2,2H3/t14-/m0/s1. The summed E-state index contributed by atoms with van der Waals surface area (Å²) in [7, 11) is 0. The number of nitrogens with zero attached hydrogens (tertiary/aromatic N) is 1. The van der Waals surface area contributed by atoms with Gasteiger partial charge in [0.15, 0.2) is 0 Å². The predicted molar refractivity (Wildman–Crippen MR) is 70.1 cm³/mol. The number of rotatable bonds is 2. The van der Waals surface area contributed by atoms with Crippen LogP contribution in [0.1, 0.15) is 18.9 Å². The first-order valence-corrected chi connectivity index (χ1v) is 6.20. The van der Waals surface area contributed by atoms with Crippen LogP contribution in [-0.2, 0) is 11.3 Å². The van der Waals surface area contributed by atoms with Crippen LogP contribution in [0.15, 0.2) is 30.3 Å². The fraction of sp³-hybridized carbons (Fsp3) is 0.400. The van der Waals surface area contributed by atoms with Gasteiger partial charge in [0.05, 0.1) is 6.54 Å². The number of ether oxygens (including phenoxy) is 1. The summed E-state index contributed by atoms with van der Waals surface area (Å²) in [6.45, 7) is 0.765. The van der Waals surface area contributed by atoms with Gasteiger partial charge in [-0.05, 0) is 12.5 Å². The maximum absolute atomic E-state index is 13.5. The maximum atomic E-state index is 13.5. The van der Waals surface area contributed by atoms with E-state index in [1.807, 2.05) is 6.07 Å². The molecular formula is C15H15F2NO2. The number of hydrogen-bond acceptors (Lipinski definition) is 2. The summed E-state index contributed by atoms with van der Waals surface area (Å²) in [6.07, 6.45) is 3.93. The zero-order valence-corrected chi connectivity index (χ0v) is 11.1. The molecule has 106 valence electrons. The summed E-state index contributed by atoms with van der Waals surface area (Å²) in [5.74, 6) is -0.709. The van der Waals surface area contributed by atoms with E-state index in [4.69, 9.17) is 11.2 Å². The van der Waals surface area contributed by atoms with Crippen LogP contribution in [0.25, 0.3) is 0 Å². The molecule has 0 saturated carbocycles. The molecule has 0 N–H and O–H groups in total. The SMILES string of the molecule is C#C[C@@]1(C)CC(F)(F)CN1C(=O)OCc1ccccc1. The van der Waals surface area contributed by atoms with Crippen molar-refractivity contribution in [3.63, 3.8) is 0 Å². The number of halogens is 2. The molecule has 1 aliphatic heterocycles. The molecule has 1 atom stereocenters. The highest BCUT2D eigenvalue weighted by atomic mass is 19.3. The van der Waals surface area contributed by atoms with Crippen LogP contribution in [0, 0.1) is 12.3 Å². The molecule has 20 heavy (non-hydrogen) atoms. The molecule has 1 aromatic carbocycles. The van der Waals surface area contributed by atoms with Crippen LogP contribution in [0.5, 0.6) is 0 Å². The summed E-state index contributed by atoms with van der Waals surface area (Å²) >= 11 is 0. The third-order valence-electron chi connectivity index (χ3n) is 3.32. The molecule has 2 rings (SSSR count). The Morgan fingerprint density at radius 3 is 2.70 bits per heavy atom. The lowest BCUT2D eigenvalue weighted by molar-refractivity contribution is 0.0100. The van der Waals surface area contributed by atoms with Gasteiger partial charge in [-0.2, -0.15) is 0 Å². The molecule has 0 spiro atoms. The van der Waals surface area contributed by atoms with Gasteiger partial charge in [-0.3, -0.25) is 4.90 Å². The Kier molecular flexibility index (Phi) is 3.67. The minimum atomic E-state index is -2.98. The molecule has 1 heterocycles. The average Bonchev–Trinajstić information content (AvgIpc) is 2.68. The second kappa shape index (κ2) is 5.12. The first-order valence-electron chi connectivity index (χ1n) is 6.20. The Balaban J connectivity index is 2.04. The van der Waals surface area contributed by atoms with Crippen LogP contribution in [0.2, 0.25) is 0 Å². The van der Waals surface area contributed by atoms with Gasteiger partial charge in [0.25, 0.3) is 5.92 Å². The topological polar surface area (TPSA) is 29.5 Å². The van der Waals surface area contributed by atoms with Gasteiger partial charge in [-0.1, -0.05) is 36.3 Å². The van der Waals surface area contributed by atoms with Crippen molar-refractivity contribution in [3.8, 4) is 12.3 Å². The highest BCUT2D eigenvalue weighted by Gasteiger charge is 2.54. The molecule has 1 amide bonds. The summed E-state index contributed by atoms with van der Waals surface area (Å²) in [5, 5.41) is 0. The summed E-state index contributed by atoms with van der Waals surface area (Å²) in [4.78, 5) is 12.9. The van der Waals surface area contributed by atoms with Crippen molar-refractivity contribution in [1.29, 1.82) is 0 Å². The van der Waals surface area contributed by atoms with E-state index in [1.165, 1.54) is 6.92 Å². The first-order chi connectivity index (χ1) is 9.36. The number of amides is 1. The second-order valence-electron chi connectivity index (χ2n) is 5.08. The smallest absolute Gasteiger partial charge is 0.411 e. The molecule has 3 nitrogen and oxygen atoms in total. The van der Waals surface area contributed by atoms with Crippen molar-refractivity contribution in [2.24, 2.45) is 0 Å². The third kappa shape index (κ3) is 2.90. The zero-order chi connectivity index (χ0) is 14.8. The number of benzene rings is 1. The van der Waals surface area contributed by atoms with E-state index in [0.29, 0.717) is 0 Å². The minimum Gasteiger partial charge on any atom is -0.445 e. The summed E-state index contributed by atoms with van der Waals surface area (Å²) in [5.41, 5.74) is -0.522. The summed E-state index contributed by atoms with van der Waals surface area (Å²) in [6, 6.07) is 9.01. The van der Waals surface area contributed by atoms with Crippen molar-refractivity contribution in [2.45, 2.75) is 31.4 Å². The number of hydrogen-bond donors (Lipinski definition) is 0. The molecule has 0 bridgehead atoms. The van der Waals surface area contributed by atoms with E-state index < -0.39 is 30.5 Å². The first kappa shape index (κ1) is 14.3. The fourth-order valence-corrected chi connectivity index (χ4v) is 2.25. The molecule has 0 unspecified atom stereocenters. The van der Waals surface area contributed by atoms with E-state index in [1.54, 1.807) is 24.3 Å². The van der Waals surface area contributed by atoms with E-state index in [9.17, 15) is 13.6 Å². The second-order valence-corrected chi connectivity index (χ2v) is 5.08. The monoisotopic (exact) mass is 279 g/mol. The number of carbonyl (C=O) groups is 1. The number of terminal acetylenes is 1. The van der Waals surface area contributed by atoms with Crippen molar-refractivity contribution in [1.82, 2.24) is 4.90 Å². The molecule has 0 radical (unpaired) electrons. The highest BCUT2D eigenvalue weighted by Crippen LogP contribution is 2.39. The Hall–Kier alpha value is -2.09. The Labute approximate surface area is 116 Å². The lowest BCUT2D eigenvalue weighted by Gasteiger charge is -2.28. The molecule has 1 aromatic rings. The van der Waals surface area contributed by atoms with Crippen LogP contribution < -0.4 is 0 Å². The van der Waals surface area contributed by atoms with Crippen LogP contribution >= 0.6 is 0 Å². The van der Waals surface area contributed by atoms with Crippen LogP contribution in [0.3, 0.4) is 0 Å². The summed E-state index contributed by atoms with van der Waals surface area (Å²) < 4.78 is 32.0. The van der Waals surface area contributed by atoms with Gasteiger partial charge in [0, 0.05) is 6.42 Å². The van der Waals surface area contributed by atoms with Crippen molar-refractivity contribution in [3.05, 3.63) is 35.9 Å². The van der Waals surface area contributed by atoms with E-state index in [-0.39, 0.29) is 6.61 Å². The van der Waals surface area contributed by atoms with E-state index >= 15 is 0 Å². The van der Waals surface area contributed by atoms with Crippen molar-refractivity contribution >= 4 is 6.09 Å². The number of carbonyl (C=O) groups excluding carboxylic acids is 1. The highest BCUT2D eigenvalue weighted by molar-refractivity contribution is 5.70. The third-order valence-corrected chi connectivity index (χ3v) is 3.32. The molecule has 1 saturated heterocycles. The van der Waals surface area contributed by atoms with Crippen molar-refractivity contribution in [2.75, 3.05) is 6.54 Å². The number of alkyl halides is 2. The van der Waals surface area contributed by atoms with E-state index in [0.717, 1.165) is 10.5 Å². The lowest BCUT2D eigenvalue weighted by atomic mass is 9.99. The zero-order valence-electron chi connectivity index (χ0n) is 11.1. The Morgan fingerprint density at radius 2 is 2.10 bits per heavy atom. The maximum Gasteiger partial charge on any atom is 0.411 e. The molecule has 5 heteroatoms. The van der Waals surface area contributed by atoms with Crippen LogP contribution in [-0.4, -0.2) is 29.0 Å². The Bertz CT molecular complexity index is 539. The molecule has 1 aliphatic rings. The average molecular weight is 279 g/mol. The quantitative estimate of drug-likeness (QED) is 0.779. The van der Waals surface area contributed by atoms with Gasteiger partial charge in [0.2, 0.25) is 0 Å². The number of likely N-dealkylation sites (tertiary alicyclic amines) is 1. The molecule has 0 aromatic heterocycles. The van der Waals surface area contributed by atoms with Gasteiger partial charge >= 0.3 is 6.09 Å². The minimum absolute atomic E-state index is 0.0302. The fourth-order valence-electron chi connectivity index (χ4n) is 2.25. The molecule has 0 aliphatic carbocycles. The van der Waals surface area contributed by atoms with Crippen LogP contribution in [0.4, 0.5) is 13.6 Å². The largest absolute Gasteiger partial charge is 0.445 e. The van der Waals surface area contributed by atoms with Gasteiger partial charge in [-0.15, -0.1) is 6.42 Å². The Morgan fingerprint density at radius 1 is 1.45 bits per heavy atom. The van der Waals surface area contributed by atoms with E-state index in [2.05, 4.69) is 5.92 Å².